The van der Waals surface area contributed by atoms with Gasteiger partial charge in [-0.25, -0.2) is 0 Å². The van der Waals surface area contributed by atoms with Gasteiger partial charge in [-0.2, -0.15) is 9.97 Å². The van der Waals surface area contributed by atoms with E-state index in [1.54, 1.807) is 0 Å². The average molecular weight is 420 g/mol. The van der Waals surface area contributed by atoms with Crippen molar-refractivity contribution in [2.24, 2.45) is 0 Å². The average Bonchev–Trinajstić information content (AvgIpc) is 2.74. The molecule has 2 heterocycles. The second kappa shape index (κ2) is 8.97. The maximum Gasteiger partial charge on any atom is 0.353 e. The lowest BCUT2D eigenvalue weighted by Gasteiger charge is -2.32. The summed E-state index contributed by atoms with van der Waals surface area (Å²) in [7, 11) is 0. The molecule has 0 unspecified atom stereocenters. The highest BCUT2D eigenvalue weighted by molar-refractivity contribution is 5.72. The Bertz CT molecular complexity index is 1070. The van der Waals surface area contributed by atoms with Crippen molar-refractivity contribution in [3.05, 3.63) is 75.8 Å². The molecule has 1 aliphatic rings. The fourth-order valence-corrected chi connectivity index (χ4v) is 3.86. The Hall–Kier alpha value is -3.72. The molecule has 9 nitrogen and oxygen atoms in total. The van der Waals surface area contributed by atoms with E-state index in [2.05, 4.69) is 27.4 Å². The summed E-state index contributed by atoms with van der Waals surface area (Å²) in [5, 5.41) is 14.8. The van der Waals surface area contributed by atoms with Crippen molar-refractivity contribution in [3.8, 4) is 0 Å². The van der Waals surface area contributed by atoms with E-state index in [0.717, 1.165) is 30.9 Å². The number of rotatable bonds is 6. The van der Waals surface area contributed by atoms with Crippen LogP contribution in [-0.2, 0) is 6.54 Å². The molecule has 9 heteroatoms. The Labute approximate surface area is 180 Å². The van der Waals surface area contributed by atoms with Crippen LogP contribution in [-0.4, -0.2) is 41.1 Å². The number of benzene rings is 2. The van der Waals surface area contributed by atoms with Gasteiger partial charge in [-0.1, -0.05) is 42.5 Å². The quantitative estimate of drug-likeness (QED) is 0.412. The number of nitrogens with zero attached hydrogens (tertiary/aromatic N) is 4. The second-order valence-electron chi connectivity index (χ2n) is 7.76. The van der Waals surface area contributed by atoms with Crippen LogP contribution in [0.2, 0.25) is 0 Å². The number of nitrogens with two attached hydrogens (primary N) is 1. The van der Waals surface area contributed by atoms with Gasteiger partial charge >= 0.3 is 5.69 Å². The fourth-order valence-electron chi connectivity index (χ4n) is 3.86. The smallest absolute Gasteiger partial charge is 0.353 e. The van der Waals surface area contributed by atoms with Crippen LogP contribution in [0.4, 0.5) is 29.0 Å². The number of hydrogen-bond acceptors (Lipinski definition) is 7. The van der Waals surface area contributed by atoms with Gasteiger partial charge < -0.3 is 20.9 Å². The summed E-state index contributed by atoms with van der Waals surface area (Å²) in [5.74, 6) is 0.387. The molecule has 160 valence electrons. The molecule has 2 aromatic carbocycles. The summed E-state index contributed by atoms with van der Waals surface area (Å²) in [6.45, 7) is 5.95. The first kappa shape index (κ1) is 20.5. The van der Waals surface area contributed by atoms with Gasteiger partial charge in [-0.15, -0.1) is 0 Å². The first-order chi connectivity index (χ1) is 15.0. The summed E-state index contributed by atoms with van der Waals surface area (Å²) in [5.41, 5.74) is 8.91. The molecule has 0 atom stereocenters. The lowest BCUT2D eigenvalue weighted by atomic mass is 10.2. The molecule has 0 spiro atoms. The highest BCUT2D eigenvalue weighted by atomic mass is 16.6. The van der Waals surface area contributed by atoms with Crippen molar-refractivity contribution >= 4 is 29.0 Å². The van der Waals surface area contributed by atoms with Gasteiger partial charge in [-0.3, -0.25) is 10.1 Å². The zero-order valence-corrected chi connectivity index (χ0v) is 17.4. The molecule has 4 N–H and O–H groups in total. The van der Waals surface area contributed by atoms with Crippen molar-refractivity contribution in [2.75, 3.05) is 42.1 Å². The van der Waals surface area contributed by atoms with Crippen LogP contribution in [0.3, 0.4) is 0 Å². The van der Waals surface area contributed by atoms with Gasteiger partial charge in [0.05, 0.1) is 31.1 Å². The topological polar surface area (TPSA) is 115 Å². The Morgan fingerprint density at radius 1 is 1.13 bits per heavy atom. The molecule has 1 aromatic heterocycles. The lowest BCUT2D eigenvalue weighted by Crippen LogP contribution is -3.13. The standard InChI is InChI=1S/C22H25N7O2/c1-16-6-5-9-18(14-16)24-22-25-20(23)19(29(30)31)21(26-22)28-12-10-27(11-13-28)15-17-7-3-2-4-8-17/h2-9,14H,10-13,15H2,1H3,(H3,23,24,25,26)/p+1. The van der Waals surface area contributed by atoms with E-state index in [1.807, 2.05) is 54.3 Å². The summed E-state index contributed by atoms with van der Waals surface area (Å²) in [6.07, 6.45) is 0. The number of quaternary nitrogens is 1. The van der Waals surface area contributed by atoms with Crippen molar-refractivity contribution < 1.29 is 9.82 Å². The lowest BCUT2D eigenvalue weighted by molar-refractivity contribution is -0.914. The molecule has 0 saturated carbocycles. The van der Waals surface area contributed by atoms with E-state index in [1.165, 1.54) is 10.5 Å². The third-order valence-electron chi connectivity index (χ3n) is 5.42. The fraction of sp³-hybridized carbons (Fsp3) is 0.273. The number of piperazine rings is 1. The highest BCUT2D eigenvalue weighted by Gasteiger charge is 2.30. The van der Waals surface area contributed by atoms with Gasteiger partial charge in [0, 0.05) is 11.3 Å². The zero-order chi connectivity index (χ0) is 21.8. The Kier molecular flexibility index (Phi) is 5.94. The van der Waals surface area contributed by atoms with E-state index in [9.17, 15) is 10.1 Å². The number of anilines is 4. The van der Waals surface area contributed by atoms with Crippen LogP contribution in [0, 0.1) is 17.0 Å². The molecule has 0 radical (unpaired) electrons. The van der Waals surface area contributed by atoms with E-state index in [0.29, 0.717) is 13.1 Å². The molecule has 3 aromatic rings. The van der Waals surface area contributed by atoms with Gasteiger partial charge in [0.25, 0.3) is 0 Å². The Morgan fingerprint density at radius 3 is 2.55 bits per heavy atom. The second-order valence-corrected chi connectivity index (χ2v) is 7.76. The third-order valence-corrected chi connectivity index (χ3v) is 5.42. The van der Waals surface area contributed by atoms with E-state index in [-0.39, 0.29) is 23.3 Å². The minimum Gasteiger partial charge on any atom is -0.378 e. The first-order valence-corrected chi connectivity index (χ1v) is 10.3. The molecule has 31 heavy (non-hydrogen) atoms. The predicted molar refractivity (Wildman–Crippen MR) is 121 cm³/mol. The summed E-state index contributed by atoms with van der Waals surface area (Å²) in [4.78, 5) is 23.2. The van der Waals surface area contributed by atoms with Gasteiger partial charge in [-0.05, 0) is 24.6 Å². The van der Waals surface area contributed by atoms with Gasteiger partial charge in [0.1, 0.15) is 6.54 Å². The number of nitro groups is 1. The Morgan fingerprint density at radius 2 is 1.87 bits per heavy atom. The zero-order valence-electron chi connectivity index (χ0n) is 17.4. The first-order valence-electron chi connectivity index (χ1n) is 10.3. The molecule has 0 amide bonds. The number of nitrogens with one attached hydrogen (secondary N) is 2. The number of hydrogen-bond donors (Lipinski definition) is 3. The highest BCUT2D eigenvalue weighted by Crippen LogP contribution is 2.32. The maximum atomic E-state index is 11.7. The molecule has 4 rings (SSSR count). The number of nitrogen functional groups attached to an aromatic ring is 1. The molecule has 1 fully saturated rings. The molecule has 1 aliphatic heterocycles. The molecular weight excluding hydrogens is 394 g/mol. The molecule has 0 aliphatic carbocycles. The van der Waals surface area contributed by atoms with Crippen LogP contribution in [0.1, 0.15) is 11.1 Å². The van der Waals surface area contributed by atoms with Crippen LogP contribution < -0.4 is 20.9 Å². The largest absolute Gasteiger partial charge is 0.378 e. The molecule has 1 saturated heterocycles. The minimum atomic E-state index is -0.496. The third kappa shape index (κ3) is 4.89. The molecule has 0 bridgehead atoms. The van der Waals surface area contributed by atoms with Gasteiger partial charge in [0.15, 0.2) is 0 Å². The van der Waals surface area contributed by atoms with Crippen molar-refractivity contribution in [1.29, 1.82) is 0 Å². The van der Waals surface area contributed by atoms with Crippen LogP contribution in [0.5, 0.6) is 0 Å². The molecular formula is C22H26N7O2+. The van der Waals surface area contributed by atoms with E-state index >= 15 is 0 Å². The van der Waals surface area contributed by atoms with E-state index < -0.39 is 4.92 Å². The van der Waals surface area contributed by atoms with Crippen LogP contribution >= 0.6 is 0 Å². The monoisotopic (exact) mass is 420 g/mol. The SMILES string of the molecule is Cc1cccc(Nc2nc(N)c([N+](=O)[O-])c(N3CC[NH+](Cc4ccccc4)CC3)n2)c1. The summed E-state index contributed by atoms with van der Waals surface area (Å²) in [6, 6.07) is 18.1. The minimum absolute atomic E-state index is 0.135. The summed E-state index contributed by atoms with van der Waals surface area (Å²) < 4.78 is 0. The van der Waals surface area contributed by atoms with Crippen molar-refractivity contribution in [1.82, 2.24) is 9.97 Å². The Balaban J connectivity index is 1.53. The normalized spacial score (nSPS) is 14.4. The van der Waals surface area contributed by atoms with E-state index in [4.69, 9.17) is 5.73 Å². The van der Waals surface area contributed by atoms with Crippen LogP contribution in [0.25, 0.3) is 0 Å². The van der Waals surface area contributed by atoms with Gasteiger partial charge in [0.2, 0.25) is 17.6 Å². The summed E-state index contributed by atoms with van der Waals surface area (Å²) >= 11 is 0. The van der Waals surface area contributed by atoms with Crippen LogP contribution in [0.15, 0.2) is 54.6 Å². The maximum absolute atomic E-state index is 11.7. The predicted octanol–water partition coefficient (Wildman–Crippen LogP) is 1.92. The number of aromatic nitrogens is 2. The number of aryl methyl sites for hydroxylation is 1. The van der Waals surface area contributed by atoms with Crippen molar-refractivity contribution in [2.45, 2.75) is 13.5 Å². The van der Waals surface area contributed by atoms with Crippen molar-refractivity contribution in [3.63, 3.8) is 0 Å².